The van der Waals surface area contributed by atoms with E-state index in [0.717, 1.165) is 18.5 Å². The van der Waals surface area contributed by atoms with Crippen LogP contribution in [-0.2, 0) is 0 Å². The lowest BCUT2D eigenvalue weighted by Gasteiger charge is -2.33. The molecule has 1 saturated heterocycles. The fourth-order valence-corrected chi connectivity index (χ4v) is 3.83. The Morgan fingerprint density at radius 1 is 1.00 bits per heavy atom. The molecule has 0 spiro atoms. The molecule has 0 bridgehead atoms. The molecule has 3 rings (SSSR count). The van der Waals surface area contributed by atoms with Crippen LogP contribution in [0.3, 0.4) is 0 Å². The topological polar surface area (TPSA) is 83.0 Å². The third-order valence-corrected chi connectivity index (χ3v) is 5.05. The van der Waals surface area contributed by atoms with Gasteiger partial charge in [0.05, 0.1) is 26.4 Å². The summed E-state index contributed by atoms with van der Waals surface area (Å²) in [5, 5.41) is 0. The van der Waals surface area contributed by atoms with Gasteiger partial charge in [-0.1, -0.05) is 0 Å². The van der Waals surface area contributed by atoms with E-state index in [4.69, 9.17) is 18.9 Å². The molecule has 1 unspecified atom stereocenters. The van der Waals surface area contributed by atoms with Crippen molar-refractivity contribution in [1.82, 2.24) is 14.9 Å². The molecule has 1 atom stereocenters. The van der Waals surface area contributed by atoms with Crippen LogP contribution in [0.1, 0.15) is 55.5 Å². The molecule has 32 heavy (non-hydrogen) atoms. The smallest absolute Gasteiger partial charge is 0.254 e. The summed E-state index contributed by atoms with van der Waals surface area (Å²) in [7, 11) is 0. The Hall–Kier alpha value is -3.03. The lowest BCUT2D eigenvalue weighted by atomic mass is 10.1. The van der Waals surface area contributed by atoms with Crippen molar-refractivity contribution in [3.05, 3.63) is 35.3 Å². The number of rotatable bonds is 9. The van der Waals surface area contributed by atoms with Crippen LogP contribution in [0, 0.1) is 13.8 Å². The van der Waals surface area contributed by atoms with Gasteiger partial charge in [0.1, 0.15) is 11.9 Å². The number of carbonyl (C=O) groups is 1. The van der Waals surface area contributed by atoms with Crippen LogP contribution in [0.4, 0.5) is 0 Å². The summed E-state index contributed by atoms with van der Waals surface area (Å²) >= 11 is 0. The van der Waals surface area contributed by atoms with E-state index in [2.05, 4.69) is 9.97 Å². The summed E-state index contributed by atoms with van der Waals surface area (Å²) < 4.78 is 23.4. The van der Waals surface area contributed by atoms with Gasteiger partial charge in [-0.2, -0.15) is 4.98 Å². The number of amides is 1. The third-order valence-electron chi connectivity index (χ3n) is 5.05. The van der Waals surface area contributed by atoms with Crippen LogP contribution in [0.15, 0.2) is 18.2 Å². The van der Waals surface area contributed by atoms with E-state index in [-0.39, 0.29) is 12.0 Å². The fourth-order valence-electron chi connectivity index (χ4n) is 3.83. The van der Waals surface area contributed by atoms with Crippen molar-refractivity contribution in [2.45, 2.75) is 53.6 Å². The van der Waals surface area contributed by atoms with Crippen LogP contribution in [-0.4, -0.2) is 59.8 Å². The number of piperidine rings is 1. The molecule has 1 aromatic heterocycles. The first kappa shape index (κ1) is 23.6. The van der Waals surface area contributed by atoms with Gasteiger partial charge in [0.25, 0.3) is 5.91 Å². The van der Waals surface area contributed by atoms with E-state index in [1.807, 2.05) is 45.6 Å². The standard InChI is InChI=1S/C24H33N3O5/c1-6-29-20-13-18(14-21(30-7-2)23(20)31-8-3)24(28)27-11-9-10-19(15-27)32-22-12-16(4)25-17(5)26-22/h12-14,19H,6-11,15H2,1-5H3. The van der Waals surface area contributed by atoms with Crippen LogP contribution >= 0.6 is 0 Å². The van der Waals surface area contributed by atoms with Gasteiger partial charge in [0, 0.05) is 23.9 Å². The highest BCUT2D eigenvalue weighted by atomic mass is 16.5. The minimum atomic E-state index is -0.123. The van der Waals surface area contributed by atoms with Gasteiger partial charge < -0.3 is 23.8 Å². The maximum atomic E-state index is 13.4. The van der Waals surface area contributed by atoms with Crippen molar-refractivity contribution < 1.29 is 23.7 Å². The first-order valence-corrected chi connectivity index (χ1v) is 11.3. The number of hydrogen-bond acceptors (Lipinski definition) is 7. The number of nitrogens with zero attached hydrogens (tertiary/aromatic N) is 3. The van der Waals surface area contributed by atoms with Gasteiger partial charge in [0.15, 0.2) is 11.5 Å². The Bertz CT molecular complexity index is 887. The van der Waals surface area contributed by atoms with Crippen LogP contribution in [0.25, 0.3) is 0 Å². The van der Waals surface area contributed by atoms with Crippen LogP contribution in [0.5, 0.6) is 23.1 Å². The van der Waals surface area contributed by atoms with E-state index in [1.165, 1.54) is 0 Å². The Morgan fingerprint density at radius 3 is 2.25 bits per heavy atom. The minimum Gasteiger partial charge on any atom is -0.490 e. The summed E-state index contributed by atoms with van der Waals surface area (Å²) in [4.78, 5) is 23.8. The molecule has 1 fully saturated rings. The molecule has 1 aliphatic rings. The molecule has 1 aromatic carbocycles. The van der Waals surface area contributed by atoms with E-state index in [1.54, 1.807) is 12.1 Å². The van der Waals surface area contributed by atoms with Crippen LogP contribution in [0.2, 0.25) is 0 Å². The van der Waals surface area contributed by atoms with Crippen LogP contribution < -0.4 is 18.9 Å². The minimum absolute atomic E-state index is 0.0849. The molecule has 0 radical (unpaired) electrons. The first-order valence-electron chi connectivity index (χ1n) is 11.3. The van der Waals surface area contributed by atoms with E-state index in [0.29, 0.717) is 67.4 Å². The molecule has 8 nitrogen and oxygen atoms in total. The molecule has 1 aliphatic heterocycles. The molecule has 1 amide bonds. The summed E-state index contributed by atoms with van der Waals surface area (Å²) in [5.41, 5.74) is 1.37. The zero-order valence-electron chi connectivity index (χ0n) is 19.6. The van der Waals surface area contributed by atoms with Crippen molar-refractivity contribution in [1.29, 1.82) is 0 Å². The molecular formula is C24H33N3O5. The summed E-state index contributed by atoms with van der Waals surface area (Å²) in [5.74, 6) is 2.69. The number of benzene rings is 1. The van der Waals surface area contributed by atoms with Gasteiger partial charge >= 0.3 is 0 Å². The predicted molar refractivity (Wildman–Crippen MR) is 121 cm³/mol. The normalized spacial score (nSPS) is 15.9. The molecule has 0 saturated carbocycles. The largest absolute Gasteiger partial charge is 0.490 e. The van der Waals surface area contributed by atoms with Gasteiger partial charge in [-0.05, 0) is 59.6 Å². The lowest BCUT2D eigenvalue weighted by molar-refractivity contribution is 0.0526. The third kappa shape index (κ3) is 5.81. The summed E-state index contributed by atoms with van der Waals surface area (Å²) in [6.07, 6.45) is 1.60. The maximum Gasteiger partial charge on any atom is 0.254 e. The van der Waals surface area contributed by atoms with Gasteiger partial charge in [0.2, 0.25) is 11.6 Å². The van der Waals surface area contributed by atoms with Gasteiger partial charge in [-0.25, -0.2) is 4.98 Å². The molecule has 0 aliphatic carbocycles. The second-order valence-electron chi connectivity index (χ2n) is 7.63. The fraction of sp³-hybridized carbons (Fsp3) is 0.542. The van der Waals surface area contributed by atoms with Gasteiger partial charge in [-0.15, -0.1) is 0 Å². The number of hydrogen-bond donors (Lipinski definition) is 0. The average Bonchev–Trinajstić information content (AvgIpc) is 2.75. The zero-order chi connectivity index (χ0) is 23.1. The second kappa shape index (κ2) is 11.0. The Labute approximate surface area is 189 Å². The zero-order valence-corrected chi connectivity index (χ0v) is 19.6. The van der Waals surface area contributed by atoms with Crippen molar-refractivity contribution in [2.75, 3.05) is 32.9 Å². The van der Waals surface area contributed by atoms with Crippen molar-refractivity contribution >= 4 is 5.91 Å². The molecule has 2 heterocycles. The van der Waals surface area contributed by atoms with E-state index >= 15 is 0 Å². The average molecular weight is 444 g/mol. The second-order valence-corrected chi connectivity index (χ2v) is 7.63. The summed E-state index contributed by atoms with van der Waals surface area (Å²) in [6, 6.07) is 5.30. The lowest BCUT2D eigenvalue weighted by Crippen LogP contribution is -2.44. The van der Waals surface area contributed by atoms with Crippen molar-refractivity contribution in [3.8, 4) is 23.1 Å². The number of carbonyl (C=O) groups excluding carboxylic acids is 1. The molecule has 8 heteroatoms. The van der Waals surface area contributed by atoms with Crippen molar-refractivity contribution in [2.24, 2.45) is 0 Å². The Kier molecular flexibility index (Phi) is 8.14. The highest BCUT2D eigenvalue weighted by Crippen LogP contribution is 2.39. The molecular weight excluding hydrogens is 410 g/mol. The first-order chi connectivity index (χ1) is 15.4. The quantitative estimate of drug-likeness (QED) is 0.580. The maximum absolute atomic E-state index is 13.4. The summed E-state index contributed by atoms with van der Waals surface area (Å²) in [6.45, 7) is 12.0. The SMILES string of the molecule is CCOc1cc(C(=O)N2CCCC(Oc3cc(C)nc(C)n3)C2)cc(OCC)c1OCC. The molecule has 2 aromatic rings. The Balaban J connectivity index is 1.80. The predicted octanol–water partition coefficient (Wildman–Crippen LogP) is 3.97. The van der Waals surface area contributed by atoms with E-state index in [9.17, 15) is 4.79 Å². The number of aromatic nitrogens is 2. The number of aryl methyl sites for hydroxylation is 2. The monoisotopic (exact) mass is 443 g/mol. The molecule has 174 valence electrons. The number of ether oxygens (including phenoxy) is 4. The van der Waals surface area contributed by atoms with Crippen molar-refractivity contribution in [3.63, 3.8) is 0 Å². The number of likely N-dealkylation sites (tertiary alicyclic amines) is 1. The highest BCUT2D eigenvalue weighted by molar-refractivity contribution is 5.95. The Morgan fingerprint density at radius 2 is 1.66 bits per heavy atom. The van der Waals surface area contributed by atoms with E-state index < -0.39 is 0 Å². The van der Waals surface area contributed by atoms with Gasteiger partial charge in [-0.3, -0.25) is 4.79 Å². The highest BCUT2D eigenvalue weighted by Gasteiger charge is 2.28. The molecule has 0 N–H and O–H groups in total.